The second-order valence-corrected chi connectivity index (χ2v) is 11.1. The maximum absolute atomic E-state index is 13.0. The van der Waals surface area contributed by atoms with Crippen molar-refractivity contribution in [3.8, 4) is 51.0 Å². The van der Waals surface area contributed by atoms with Gasteiger partial charge in [0, 0.05) is 33.4 Å². The Balaban J connectivity index is 2.22. The van der Waals surface area contributed by atoms with Crippen LogP contribution in [0.25, 0.3) is 22.3 Å². The zero-order chi connectivity index (χ0) is 36.6. The molecular formula is C39H36O10. The number of carbonyl (C=O) groups excluding carboxylic acids is 5. The van der Waals surface area contributed by atoms with Crippen LogP contribution in [0.1, 0.15) is 41.5 Å². The summed E-state index contributed by atoms with van der Waals surface area (Å²) in [5, 5.41) is 0. The van der Waals surface area contributed by atoms with Crippen molar-refractivity contribution in [2.24, 2.45) is 0 Å². The van der Waals surface area contributed by atoms with Crippen LogP contribution in [0, 0.1) is 0 Å². The molecule has 49 heavy (non-hydrogen) atoms. The fraction of sp³-hybridized carbons (Fsp3) is 0.154. The molecular weight excluding hydrogens is 628 g/mol. The molecule has 0 unspecified atom stereocenters. The summed E-state index contributed by atoms with van der Waals surface area (Å²) >= 11 is 0. The number of rotatable bonds is 12. The van der Waals surface area contributed by atoms with Crippen LogP contribution in [0.2, 0.25) is 0 Å². The number of ether oxygens (including phenoxy) is 5. The monoisotopic (exact) mass is 664 g/mol. The van der Waals surface area contributed by atoms with Gasteiger partial charge in [-0.05, 0) is 88.6 Å². The molecule has 0 aliphatic rings. The van der Waals surface area contributed by atoms with Gasteiger partial charge in [-0.3, -0.25) is 0 Å². The number of carbonyl (C=O) groups is 5. The normalized spacial score (nSPS) is 10.7. The van der Waals surface area contributed by atoms with Crippen LogP contribution in [-0.4, -0.2) is 29.8 Å². The lowest BCUT2D eigenvalue weighted by atomic mass is 9.98. The molecule has 0 aliphatic heterocycles. The lowest BCUT2D eigenvalue weighted by Crippen LogP contribution is -2.13. The summed E-state index contributed by atoms with van der Waals surface area (Å²) in [6.07, 6.45) is 1.60. The molecule has 0 saturated carbocycles. The Hall–Kier alpha value is -6.29. The van der Waals surface area contributed by atoms with Gasteiger partial charge in [-0.25, -0.2) is 24.0 Å². The Morgan fingerprint density at radius 3 is 1.18 bits per heavy atom. The van der Waals surface area contributed by atoms with Gasteiger partial charge in [-0.15, -0.1) is 0 Å². The topological polar surface area (TPSA) is 132 Å². The van der Waals surface area contributed by atoms with Crippen molar-refractivity contribution in [2.75, 3.05) is 0 Å². The first-order valence-electron chi connectivity index (χ1n) is 14.8. The highest BCUT2D eigenvalue weighted by Crippen LogP contribution is 2.41. The quantitative estimate of drug-likeness (QED) is 0.107. The Morgan fingerprint density at radius 2 is 0.776 bits per heavy atom. The SMILES string of the molecule is C=C(C)C(=O)Oc1ccc(-c2ccc(-c3ccc(OC(=O)C(=C)C)c(OC(=O)C(=C)C)c3)c(OC(=O)/C(C)=C\C)c2)cc1OC(=O)C(=C)C. The molecule has 0 heterocycles. The number of allylic oxidation sites excluding steroid dienone is 1. The maximum atomic E-state index is 13.0. The van der Waals surface area contributed by atoms with Crippen molar-refractivity contribution in [2.45, 2.75) is 41.5 Å². The molecule has 0 bridgehead atoms. The molecule has 0 amide bonds. The van der Waals surface area contributed by atoms with Crippen molar-refractivity contribution >= 4 is 29.8 Å². The molecule has 3 aromatic carbocycles. The van der Waals surface area contributed by atoms with Gasteiger partial charge >= 0.3 is 29.8 Å². The number of esters is 5. The van der Waals surface area contributed by atoms with Gasteiger partial charge in [0.2, 0.25) is 0 Å². The third-order valence-electron chi connectivity index (χ3n) is 6.68. The molecule has 0 N–H and O–H groups in total. The second kappa shape index (κ2) is 16.0. The van der Waals surface area contributed by atoms with E-state index in [9.17, 15) is 24.0 Å². The number of benzene rings is 3. The zero-order valence-electron chi connectivity index (χ0n) is 28.2. The van der Waals surface area contributed by atoms with E-state index in [0.29, 0.717) is 27.8 Å². The van der Waals surface area contributed by atoms with E-state index in [1.54, 1.807) is 50.3 Å². The van der Waals surface area contributed by atoms with E-state index in [-0.39, 0.29) is 51.0 Å². The molecule has 0 spiro atoms. The average Bonchev–Trinajstić information content (AvgIpc) is 3.05. The summed E-state index contributed by atoms with van der Waals surface area (Å²) in [6, 6.07) is 14.0. The Labute approximate surface area is 284 Å². The van der Waals surface area contributed by atoms with Crippen molar-refractivity contribution < 1.29 is 47.7 Å². The van der Waals surface area contributed by atoms with E-state index < -0.39 is 29.8 Å². The summed E-state index contributed by atoms with van der Waals surface area (Å²) in [4.78, 5) is 62.5. The fourth-order valence-electron chi connectivity index (χ4n) is 3.76. The molecule has 0 saturated heterocycles. The van der Waals surface area contributed by atoms with E-state index in [1.165, 1.54) is 52.0 Å². The van der Waals surface area contributed by atoms with Gasteiger partial charge in [-0.1, -0.05) is 56.7 Å². The van der Waals surface area contributed by atoms with Crippen LogP contribution in [0.5, 0.6) is 28.7 Å². The van der Waals surface area contributed by atoms with Gasteiger partial charge in [0.15, 0.2) is 23.0 Å². The lowest BCUT2D eigenvalue weighted by Gasteiger charge is -2.16. The predicted molar refractivity (Wildman–Crippen MR) is 184 cm³/mol. The first-order valence-corrected chi connectivity index (χ1v) is 14.8. The lowest BCUT2D eigenvalue weighted by molar-refractivity contribution is -0.132. The van der Waals surface area contributed by atoms with Crippen LogP contribution in [0.4, 0.5) is 0 Å². The minimum absolute atomic E-state index is 0.0254. The molecule has 3 aromatic rings. The van der Waals surface area contributed by atoms with Crippen LogP contribution >= 0.6 is 0 Å². The average molecular weight is 665 g/mol. The maximum Gasteiger partial charge on any atom is 0.338 e. The van der Waals surface area contributed by atoms with E-state index >= 15 is 0 Å². The van der Waals surface area contributed by atoms with Crippen molar-refractivity contribution in [1.29, 1.82) is 0 Å². The summed E-state index contributed by atoms with van der Waals surface area (Å²) in [6.45, 7) is 23.5. The second-order valence-electron chi connectivity index (χ2n) is 11.1. The van der Waals surface area contributed by atoms with Crippen molar-refractivity contribution in [3.05, 3.63) is 115 Å². The van der Waals surface area contributed by atoms with Gasteiger partial charge in [-0.2, -0.15) is 0 Å². The van der Waals surface area contributed by atoms with Crippen LogP contribution in [0.15, 0.2) is 115 Å². The molecule has 10 heteroatoms. The molecule has 3 rings (SSSR count). The summed E-state index contributed by atoms with van der Waals surface area (Å²) in [5.74, 6) is -3.66. The minimum Gasteiger partial charge on any atom is -0.422 e. The molecule has 0 atom stereocenters. The van der Waals surface area contributed by atoms with Gasteiger partial charge in [0.05, 0.1) is 0 Å². The van der Waals surface area contributed by atoms with Crippen molar-refractivity contribution in [1.82, 2.24) is 0 Å². The van der Waals surface area contributed by atoms with E-state index in [4.69, 9.17) is 23.7 Å². The van der Waals surface area contributed by atoms with E-state index in [2.05, 4.69) is 26.3 Å². The third-order valence-corrected chi connectivity index (χ3v) is 6.68. The van der Waals surface area contributed by atoms with E-state index in [0.717, 1.165) is 0 Å². The molecule has 0 fully saturated rings. The Bertz CT molecular complexity index is 1960. The Morgan fingerprint density at radius 1 is 0.449 bits per heavy atom. The first kappa shape index (κ1) is 37.2. The standard InChI is InChI=1S/C39H36O10/c1-11-25(10)39(44)47-32-18-26(27-13-16-30(45-35(40)21(2)3)33(19-27)48-37(42)23(6)7)12-15-29(32)28-14-17-31(46-36(41)22(4)5)34(20-28)49-38(43)24(8)9/h11-20H,2,4,6,8H2,1,3,5,7,9-10H3/b25-11-. The van der Waals surface area contributed by atoms with Gasteiger partial charge in [0.25, 0.3) is 0 Å². The summed E-state index contributed by atoms with van der Waals surface area (Å²) < 4.78 is 27.5. The molecule has 10 nitrogen and oxygen atoms in total. The minimum atomic E-state index is -0.754. The van der Waals surface area contributed by atoms with Crippen LogP contribution in [0.3, 0.4) is 0 Å². The van der Waals surface area contributed by atoms with Gasteiger partial charge in [0.1, 0.15) is 5.75 Å². The molecule has 252 valence electrons. The highest BCUT2D eigenvalue weighted by molar-refractivity contribution is 5.94. The molecule has 0 aliphatic carbocycles. The smallest absolute Gasteiger partial charge is 0.338 e. The largest absolute Gasteiger partial charge is 0.422 e. The number of hydrogen-bond acceptors (Lipinski definition) is 10. The first-order chi connectivity index (χ1) is 23.0. The highest BCUT2D eigenvalue weighted by Gasteiger charge is 2.21. The molecule has 0 aromatic heterocycles. The van der Waals surface area contributed by atoms with E-state index in [1.807, 2.05) is 0 Å². The Kier molecular flexibility index (Phi) is 12.1. The number of hydrogen-bond donors (Lipinski definition) is 0. The fourth-order valence-corrected chi connectivity index (χ4v) is 3.76. The summed E-state index contributed by atoms with van der Waals surface area (Å²) in [5.41, 5.74) is 2.71. The molecule has 0 radical (unpaired) electrons. The van der Waals surface area contributed by atoms with Gasteiger partial charge < -0.3 is 23.7 Å². The zero-order valence-corrected chi connectivity index (χ0v) is 28.2. The van der Waals surface area contributed by atoms with Crippen LogP contribution in [-0.2, 0) is 24.0 Å². The van der Waals surface area contributed by atoms with Crippen LogP contribution < -0.4 is 23.7 Å². The van der Waals surface area contributed by atoms with Crippen molar-refractivity contribution in [3.63, 3.8) is 0 Å². The predicted octanol–water partition coefficient (Wildman–Crippen LogP) is 7.82. The third kappa shape index (κ3) is 9.61. The summed E-state index contributed by atoms with van der Waals surface area (Å²) in [7, 11) is 0. The highest BCUT2D eigenvalue weighted by atomic mass is 16.6.